The first-order chi connectivity index (χ1) is 8.47. The summed E-state index contributed by atoms with van der Waals surface area (Å²) in [6.07, 6.45) is 1.97. The summed E-state index contributed by atoms with van der Waals surface area (Å²) in [5.74, 6) is -1.40. The van der Waals surface area contributed by atoms with Gasteiger partial charge in [-0.15, -0.1) is 0 Å². The van der Waals surface area contributed by atoms with Crippen LogP contribution < -0.4 is 5.73 Å². The highest BCUT2D eigenvalue weighted by Crippen LogP contribution is 2.15. The van der Waals surface area contributed by atoms with E-state index in [9.17, 15) is 14.4 Å². The van der Waals surface area contributed by atoms with Crippen molar-refractivity contribution in [3.63, 3.8) is 0 Å². The largest absolute Gasteiger partial charge is 0.334 e. The van der Waals surface area contributed by atoms with Crippen LogP contribution in [-0.4, -0.2) is 53.7 Å². The number of hydrogen-bond donors (Lipinski definition) is 1. The Morgan fingerprint density at radius 2 is 2.06 bits per heavy atom. The molecule has 18 heavy (non-hydrogen) atoms. The molecule has 3 amide bonds. The van der Waals surface area contributed by atoms with Crippen molar-refractivity contribution in [1.29, 1.82) is 0 Å². The van der Waals surface area contributed by atoms with E-state index in [1.54, 1.807) is 0 Å². The summed E-state index contributed by atoms with van der Waals surface area (Å²) in [4.78, 5) is 37.7. The molecule has 1 aliphatic heterocycles. The van der Waals surface area contributed by atoms with E-state index >= 15 is 0 Å². The summed E-state index contributed by atoms with van der Waals surface area (Å²) in [5, 5.41) is 0. The van der Waals surface area contributed by atoms with Crippen molar-refractivity contribution in [1.82, 2.24) is 9.80 Å². The molecule has 0 saturated carbocycles. The molecule has 0 aromatic carbocycles. The topological polar surface area (TPSA) is 83.7 Å². The monoisotopic (exact) mass is 255 g/mol. The average Bonchev–Trinajstić information content (AvgIpc) is 2.33. The zero-order chi connectivity index (χ0) is 13.7. The number of piperidine rings is 1. The van der Waals surface area contributed by atoms with Crippen molar-refractivity contribution in [3.8, 4) is 0 Å². The minimum Gasteiger partial charge on any atom is -0.334 e. The first kappa shape index (κ1) is 14.6. The molecule has 2 N–H and O–H groups in total. The van der Waals surface area contributed by atoms with Gasteiger partial charge in [-0.3, -0.25) is 19.3 Å². The van der Waals surface area contributed by atoms with Crippen molar-refractivity contribution >= 4 is 17.7 Å². The van der Waals surface area contributed by atoms with Crippen LogP contribution in [-0.2, 0) is 14.4 Å². The Labute approximate surface area is 107 Å². The normalized spacial score (nSPS) is 19.5. The molecule has 0 spiro atoms. The molecule has 0 aromatic rings. The Bertz CT molecular complexity index is 343. The quantitative estimate of drug-likeness (QED) is 0.679. The first-order valence-corrected chi connectivity index (χ1v) is 6.28. The lowest BCUT2D eigenvalue weighted by Crippen LogP contribution is -2.50. The second kappa shape index (κ2) is 6.49. The van der Waals surface area contributed by atoms with Crippen LogP contribution in [0.15, 0.2) is 0 Å². The predicted octanol–water partition coefficient (Wildman–Crippen LogP) is -0.421. The van der Waals surface area contributed by atoms with Crippen molar-refractivity contribution in [2.24, 2.45) is 11.7 Å². The van der Waals surface area contributed by atoms with Gasteiger partial charge in [0.25, 0.3) is 0 Å². The van der Waals surface area contributed by atoms with E-state index in [1.165, 1.54) is 11.8 Å². The Morgan fingerprint density at radius 3 is 2.56 bits per heavy atom. The maximum atomic E-state index is 12.0. The third-order valence-electron chi connectivity index (χ3n) is 3.11. The second-order valence-electron chi connectivity index (χ2n) is 4.76. The van der Waals surface area contributed by atoms with Crippen LogP contribution in [0.3, 0.4) is 0 Å². The highest BCUT2D eigenvalue weighted by Gasteiger charge is 2.30. The maximum absolute atomic E-state index is 12.0. The number of carbonyl (C=O) groups excluding carboxylic acids is 3. The fourth-order valence-electron chi connectivity index (χ4n) is 2.16. The van der Waals surface area contributed by atoms with Crippen LogP contribution in [0.25, 0.3) is 0 Å². The summed E-state index contributed by atoms with van der Waals surface area (Å²) in [6, 6.07) is 0. The summed E-state index contributed by atoms with van der Waals surface area (Å²) in [6.45, 7) is 4.73. The Hall–Kier alpha value is -1.43. The molecule has 0 aliphatic carbocycles. The summed E-state index contributed by atoms with van der Waals surface area (Å²) < 4.78 is 0. The Kier molecular flexibility index (Phi) is 5.27. The fraction of sp³-hybridized carbons (Fsp3) is 0.750. The number of amides is 3. The van der Waals surface area contributed by atoms with Gasteiger partial charge in [0, 0.05) is 33.1 Å². The Balaban J connectivity index is 2.69. The Morgan fingerprint density at radius 1 is 1.39 bits per heavy atom. The van der Waals surface area contributed by atoms with E-state index in [0.717, 1.165) is 17.7 Å². The average molecular weight is 255 g/mol. The van der Waals surface area contributed by atoms with Crippen LogP contribution in [0.2, 0.25) is 0 Å². The van der Waals surface area contributed by atoms with Crippen LogP contribution in [0.4, 0.5) is 0 Å². The molecule has 1 unspecified atom stereocenters. The molecular weight excluding hydrogens is 234 g/mol. The van der Waals surface area contributed by atoms with Gasteiger partial charge in [0.2, 0.25) is 5.91 Å². The van der Waals surface area contributed by atoms with Gasteiger partial charge < -0.3 is 10.6 Å². The van der Waals surface area contributed by atoms with Gasteiger partial charge in [0.1, 0.15) is 0 Å². The lowest BCUT2D eigenvalue weighted by Gasteiger charge is -2.31. The molecule has 1 aliphatic rings. The number of nitrogens with zero attached hydrogens (tertiary/aromatic N) is 2. The van der Waals surface area contributed by atoms with E-state index in [1.807, 2.05) is 6.92 Å². The van der Waals surface area contributed by atoms with Gasteiger partial charge in [0.05, 0.1) is 0 Å². The molecule has 1 fully saturated rings. The molecule has 1 heterocycles. The zero-order valence-corrected chi connectivity index (χ0v) is 11.0. The molecule has 102 valence electrons. The highest BCUT2D eigenvalue weighted by molar-refractivity contribution is 6.37. The van der Waals surface area contributed by atoms with E-state index in [-0.39, 0.29) is 13.1 Å². The molecule has 0 radical (unpaired) electrons. The van der Waals surface area contributed by atoms with E-state index in [2.05, 4.69) is 0 Å². The molecule has 6 heteroatoms. The fourth-order valence-corrected chi connectivity index (χ4v) is 2.16. The van der Waals surface area contributed by atoms with Gasteiger partial charge in [0.15, 0.2) is 0 Å². The summed E-state index contributed by atoms with van der Waals surface area (Å²) in [5.41, 5.74) is 5.33. The second-order valence-corrected chi connectivity index (χ2v) is 4.76. The highest BCUT2D eigenvalue weighted by atomic mass is 16.2. The lowest BCUT2D eigenvalue weighted by atomic mass is 10.0. The van der Waals surface area contributed by atoms with Gasteiger partial charge >= 0.3 is 11.8 Å². The summed E-state index contributed by atoms with van der Waals surface area (Å²) >= 11 is 0. The molecule has 6 nitrogen and oxygen atoms in total. The molecule has 1 rings (SSSR count). The molecular formula is C12H21N3O3. The third-order valence-corrected chi connectivity index (χ3v) is 3.11. The van der Waals surface area contributed by atoms with Crippen molar-refractivity contribution in [2.75, 3.05) is 26.2 Å². The van der Waals surface area contributed by atoms with E-state index in [0.29, 0.717) is 19.0 Å². The number of carbonyl (C=O) groups is 3. The van der Waals surface area contributed by atoms with E-state index in [4.69, 9.17) is 5.73 Å². The smallest absolute Gasteiger partial charge is 0.318 e. The summed E-state index contributed by atoms with van der Waals surface area (Å²) in [7, 11) is 0. The minimum absolute atomic E-state index is 0.0866. The number of rotatable bonds is 2. The van der Waals surface area contributed by atoms with Crippen molar-refractivity contribution in [3.05, 3.63) is 0 Å². The van der Waals surface area contributed by atoms with Crippen molar-refractivity contribution in [2.45, 2.75) is 26.7 Å². The standard InChI is InChI=1S/C12H21N3O3/c1-9-4-3-6-14(8-9)11(17)12(18)15(7-5-13)10(2)16/h9H,3-8,13H2,1-2H3. The number of hydrogen-bond acceptors (Lipinski definition) is 4. The zero-order valence-electron chi connectivity index (χ0n) is 11.0. The molecule has 0 bridgehead atoms. The van der Waals surface area contributed by atoms with Gasteiger partial charge in [-0.05, 0) is 18.8 Å². The van der Waals surface area contributed by atoms with Crippen LogP contribution >= 0.6 is 0 Å². The van der Waals surface area contributed by atoms with Gasteiger partial charge in [-0.2, -0.15) is 0 Å². The van der Waals surface area contributed by atoms with E-state index < -0.39 is 17.7 Å². The number of nitrogens with two attached hydrogens (primary N) is 1. The van der Waals surface area contributed by atoms with Crippen LogP contribution in [0.5, 0.6) is 0 Å². The first-order valence-electron chi connectivity index (χ1n) is 6.28. The minimum atomic E-state index is -0.762. The van der Waals surface area contributed by atoms with Gasteiger partial charge in [-0.25, -0.2) is 0 Å². The predicted molar refractivity (Wildman–Crippen MR) is 66.4 cm³/mol. The molecule has 1 atom stereocenters. The lowest BCUT2D eigenvalue weighted by molar-refractivity contribution is -0.156. The van der Waals surface area contributed by atoms with Gasteiger partial charge in [-0.1, -0.05) is 6.92 Å². The van der Waals surface area contributed by atoms with Crippen LogP contribution in [0.1, 0.15) is 26.7 Å². The van der Waals surface area contributed by atoms with Crippen molar-refractivity contribution < 1.29 is 14.4 Å². The molecule has 1 saturated heterocycles. The maximum Gasteiger partial charge on any atom is 0.318 e. The SMILES string of the molecule is CC(=O)N(CCN)C(=O)C(=O)N1CCCC(C)C1. The number of imide groups is 1. The number of likely N-dealkylation sites (tertiary alicyclic amines) is 1. The molecule has 0 aromatic heterocycles. The van der Waals surface area contributed by atoms with Crippen LogP contribution in [0, 0.1) is 5.92 Å². The third kappa shape index (κ3) is 3.53.